The first-order valence-electron chi connectivity index (χ1n) is 6.92. The van der Waals surface area contributed by atoms with Gasteiger partial charge >= 0.3 is 5.97 Å². The molecule has 0 aromatic carbocycles. The van der Waals surface area contributed by atoms with Crippen LogP contribution in [0, 0.1) is 5.92 Å². The molecule has 1 aromatic rings. The van der Waals surface area contributed by atoms with Crippen LogP contribution in [0.15, 0.2) is 0 Å². The van der Waals surface area contributed by atoms with Crippen molar-refractivity contribution in [3.8, 4) is 0 Å². The fraction of sp³-hybridized carbons (Fsp3) is 0.692. The van der Waals surface area contributed by atoms with E-state index in [0.717, 1.165) is 12.8 Å². The number of hydrogen-bond donors (Lipinski definition) is 2. The first-order chi connectivity index (χ1) is 9.47. The molecule has 0 unspecified atom stereocenters. The van der Waals surface area contributed by atoms with E-state index in [-0.39, 0.29) is 11.6 Å². The minimum atomic E-state index is -1.07. The highest BCUT2D eigenvalue weighted by molar-refractivity contribution is 5.86. The lowest BCUT2D eigenvalue weighted by molar-refractivity contribution is -0.121. The number of nitrogens with zero attached hydrogens (tertiary/aromatic N) is 3. The van der Waals surface area contributed by atoms with Crippen LogP contribution in [-0.4, -0.2) is 38.0 Å². The molecule has 1 aliphatic carbocycles. The molecule has 0 spiro atoms. The summed E-state index contributed by atoms with van der Waals surface area (Å²) in [6.45, 7) is 4.37. The second-order valence-corrected chi connectivity index (χ2v) is 5.60. The van der Waals surface area contributed by atoms with Gasteiger partial charge in [-0.05, 0) is 25.2 Å². The average Bonchev–Trinajstić information content (AvgIpc) is 3.06. The van der Waals surface area contributed by atoms with Crippen LogP contribution in [0.1, 0.15) is 49.3 Å². The Bertz CT molecular complexity index is 506. The predicted molar refractivity (Wildman–Crippen MR) is 71.3 cm³/mol. The van der Waals surface area contributed by atoms with Crippen LogP contribution in [0.2, 0.25) is 0 Å². The normalized spacial score (nSPS) is 14.6. The zero-order valence-electron chi connectivity index (χ0n) is 11.8. The number of carboxylic acid groups (broad SMARTS) is 1. The number of carbonyl (C=O) groups excluding carboxylic acids is 1. The number of amides is 1. The van der Waals surface area contributed by atoms with E-state index in [0.29, 0.717) is 37.0 Å². The minimum absolute atomic E-state index is 0.0127. The van der Waals surface area contributed by atoms with Crippen molar-refractivity contribution < 1.29 is 14.7 Å². The number of carbonyl (C=O) groups is 2. The molecule has 2 N–H and O–H groups in total. The molecule has 1 fully saturated rings. The Balaban J connectivity index is 2.01. The van der Waals surface area contributed by atoms with Gasteiger partial charge < -0.3 is 10.4 Å². The standard InChI is InChI=1S/C13H20N4O3/c1-8(2)7-10-12(13(19)20)15-16-17(10)6-5-11(18)14-9-3-4-9/h8-9H,3-7H2,1-2H3,(H,14,18)(H,19,20). The molecule has 0 aliphatic heterocycles. The molecule has 0 saturated heterocycles. The SMILES string of the molecule is CC(C)Cc1c(C(=O)O)nnn1CCC(=O)NC1CC1. The minimum Gasteiger partial charge on any atom is -0.476 e. The summed E-state index contributed by atoms with van der Waals surface area (Å²) in [4.78, 5) is 22.8. The fourth-order valence-electron chi connectivity index (χ4n) is 2.00. The fourth-order valence-corrected chi connectivity index (χ4v) is 2.00. The number of rotatable bonds is 7. The second kappa shape index (κ2) is 6.02. The molecule has 2 rings (SSSR count). The third-order valence-electron chi connectivity index (χ3n) is 3.13. The van der Waals surface area contributed by atoms with Crippen molar-refractivity contribution in [2.24, 2.45) is 5.92 Å². The van der Waals surface area contributed by atoms with Crippen molar-refractivity contribution in [2.45, 2.75) is 52.1 Å². The van der Waals surface area contributed by atoms with Gasteiger partial charge in [-0.1, -0.05) is 19.1 Å². The third kappa shape index (κ3) is 3.79. The Kier molecular flexibility index (Phi) is 4.36. The van der Waals surface area contributed by atoms with Crippen molar-refractivity contribution >= 4 is 11.9 Å². The molecule has 7 heteroatoms. The number of carboxylic acids is 1. The van der Waals surface area contributed by atoms with Crippen molar-refractivity contribution in [2.75, 3.05) is 0 Å². The van der Waals surface area contributed by atoms with Crippen molar-refractivity contribution in [3.63, 3.8) is 0 Å². The molecular formula is C13H20N4O3. The maximum absolute atomic E-state index is 11.7. The van der Waals surface area contributed by atoms with Gasteiger partial charge in [0, 0.05) is 12.5 Å². The van der Waals surface area contributed by atoms with E-state index in [1.54, 1.807) is 0 Å². The Morgan fingerprint density at radius 2 is 2.15 bits per heavy atom. The molecule has 1 heterocycles. The maximum Gasteiger partial charge on any atom is 0.358 e. The van der Waals surface area contributed by atoms with Crippen LogP contribution in [0.5, 0.6) is 0 Å². The summed E-state index contributed by atoms with van der Waals surface area (Å²) >= 11 is 0. The van der Waals surface area contributed by atoms with Gasteiger partial charge in [0.25, 0.3) is 0 Å². The highest BCUT2D eigenvalue weighted by Gasteiger charge is 2.24. The molecule has 0 bridgehead atoms. The van der Waals surface area contributed by atoms with Crippen LogP contribution in [-0.2, 0) is 17.8 Å². The molecule has 7 nitrogen and oxygen atoms in total. The summed E-state index contributed by atoms with van der Waals surface area (Å²) in [6, 6.07) is 0.336. The lowest BCUT2D eigenvalue weighted by Crippen LogP contribution is -2.26. The largest absolute Gasteiger partial charge is 0.476 e. The summed E-state index contributed by atoms with van der Waals surface area (Å²) in [6.07, 6.45) is 2.98. The quantitative estimate of drug-likeness (QED) is 0.771. The van der Waals surface area contributed by atoms with Gasteiger partial charge in [0.05, 0.1) is 12.2 Å². The first-order valence-corrected chi connectivity index (χ1v) is 6.92. The van der Waals surface area contributed by atoms with Crippen LogP contribution < -0.4 is 5.32 Å². The van der Waals surface area contributed by atoms with Gasteiger partial charge in [-0.15, -0.1) is 5.10 Å². The smallest absolute Gasteiger partial charge is 0.358 e. The monoisotopic (exact) mass is 280 g/mol. The van der Waals surface area contributed by atoms with Crippen LogP contribution in [0.3, 0.4) is 0 Å². The van der Waals surface area contributed by atoms with E-state index in [1.807, 2.05) is 13.8 Å². The molecule has 1 saturated carbocycles. The highest BCUT2D eigenvalue weighted by Crippen LogP contribution is 2.18. The Labute approximate surface area is 117 Å². The average molecular weight is 280 g/mol. The summed E-state index contributed by atoms with van der Waals surface area (Å²) in [5.74, 6) is -0.796. The van der Waals surface area contributed by atoms with Crippen LogP contribution in [0.4, 0.5) is 0 Å². The number of aryl methyl sites for hydroxylation is 1. The summed E-state index contributed by atoms with van der Waals surface area (Å²) in [5, 5.41) is 19.6. The predicted octanol–water partition coefficient (Wildman–Crippen LogP) is 0.843. The maximum atomic E-state index is 11.7. The van der Waals surface area contributed by atoms with Gasteiger partial charge in [-0.25, -0.2) is 9.48 Å². The summed E-state index contributed by atoms with van der Waals surface area (Å²) in [5.41, 5.74) is 0.577. The van der Waals surface area contributed by atoms with E-state index >= 15 is 0 Å². The summed E-state index contributed by atoms with van der Waals surface area (Å²) < 4.78 is 1.54. The van der Waals surface area contributed by atoms with E-state index in [9.17, 15) is 9.59 Å². The lowest BCUT2D eigenvalue weighted by atomic mass is 10.1. The second-order valence-electron chi connectivity index (χ2n) is 5.60. The number of aromatic nitrogens is 3. The Hall–Kier alpha value is -1.92. The van der Waals surface area contributed by atoms with Gasteiger partial charge in [0.2, 0.25) is 5.91 Å². The van der Waals surface area contributed by atoms with E-state index in [4.69, 9.17) is 5.11 Å². The number of hydrogen-bond acceptors (Lipinski definition) is 4. The molecular weight excluding hydrogens is 260 g/mol. The highest BCUT2D eigenvalue weighted by atomic mass is 16.4. The van der Waals surface area contributed by atoms with E-state index < -0.39 is 5.97 Å². The first kappa shape index (κ1) is 14.5. The Morgan fingerprint density at radius 3 is 2.70 bits per heavy atom. The van der Waals surface area contributed by atoms with Crippen molar-refractivity contribution in [3.05, 3.63) is 11.4 Å². The van der Waals surface area contributed by atoms with Crippen LogP contribution >= 0.6 is 0 Å². The van der Waals surface area contributed by atoms with Crippen molar-refractivity contribution in [1.82, 2.24) is 20.3 Å². The Morgan fingerprint density at radius 1 is 1.45 bits per heavy atom. The van der Waals surface area contributed by atoms with Crippen LogP contribution in [0.25, 0.3) is 0 Å². The molecule has 0 atom stereocenters. The molecule has 110 valence electrons. The number of aromatic carboxylic acids is 1. The van der Waals surface area contributed by atoms with E-state index in [1.165, 1.54) is 4.68 Å². The van der Waals surface area contributed by atoms with E-state index in [2.05, 4.69) is 15.6 Å². The zero-order chi connectivity index (χ0) is 14.7. The summed E-state index contributed by atoms with van der Waals surface area (Å²) in [7, 11) is 0. The van der Waals surface area contributed by atoms with Gasteiger partial charge in [-0.3, -0.25) is 4.79 Å². The number of nitrogens with one attached hydrogen (secondary N) is 1. The van der Waals surface area contributed by atoms with Gasteiger partial charge in [-0.2, -0.15) is 0 Å². The molecule has 0 radical (unpaired) electrons. The molecule has 20 heavy (non-hydrogen) atoms. The molecule has 1 aliphatic rings. The van der Waals surface area contributed by atoms with Gasteiger partial charge in [0.15, 0.2) is 5.69 Å². The van der Waals surface area contributed by atoms with Gasteiger partial charge in [0.1, 0.15) is 0 Å². The lowest BCUT2D eigenvalue weighted by Gasteiger charge is -2.09. The molecule has 1 aromatic heterocycles. The zero-order valence-corrected chi connectivity index (χ0v) is 11.8. The van der Waals surface area contributed by atoms with Crippen molar-refractivity contribution in [1.29, 1.82) is 0 Å². The third-order valence-corrected chi connectivity index (χ3v) is 3.13. The molecule has 1 amide bonds. The topological polar surface area (TPSA) is 97.1 Å².